The smallest absolute Gasteiger partial charge is 0.364 e. The Labute approximate surface area is 155 Å². The Kier molecular flexibility index (Phi) is 5.31. The van der Waals surface area contributed by atoms with E-state index in [1.807, 2.05) is 29.0 Å². The van der Waals surface area contributed by atoms with E-state index in [0.29, 0.717) is 25.2 Å². The minimum Gasteiger partial charge on any atom is -0.364 e. The molecule has 0 N–H and O–H groups in total. The molecule has 8 heteroatoms. The monoisotopic (exact) mass is 373 g/mol. The second kappa shape index (κ2) is 7.66. The number of alkyl halides is 3. The van der Waals surface area contributed by atoms with E-state index < -0.39 is 11.7 Å². The van der Waals surface area contributed by atoms with E-state index in [4.69, 9.17) is 5.26 Å². The predicted octanol–water partition coefficient (Wildman–Crippen LogP) is 4.06. The molecule has 1 unspecified atom stereocenters. The summed E-state index contributed by atoms with van der Waals surface area (Å²) in [5.41, 5.74) is 0.0103. The standard InChI is InChI=1S/C19H18F3N5/c1-2-26(15-6-5-14(11-23)18(10-15)19(20,21)22)16-7-9-27(25-13-16)17-4-3-8-24-12-17/h3-6,8,10,12-13,16H,2,7,9H2,1H3. The van der Waals surface area contributed by atoms with Crippen molar-refractivity contribution in [3.63, 3.8) is 0 Å². The zero-order valence-electron chi connectivity index (χ0n) is 14.7. The van der Waals surface area contributed by atoms with Crippen LogP contribution < -0.4 is 9.91 Å². The number of hydrogen-bond donors (Lipinski definition) is 0. The maximum absolute atomic E-state index is 13.3. The van der Waals surface area contributed by atoms with Gasteiger partial charge in [-0.25, -0.2) is 0 Å². The summed E-state index contributed by atoms with van der Waals surface area (Å²) >= 11 is 0. The number of hydrazone groups is 1. The zero-order chi connectivity index (χ0) is 19.4. The molecule has 1 aliphatic rings. The number of aromatic nitrogens is 1. The van der Waals surface area contributed by atoms with Gasteiger partial charge in [0.25, 0.3) is 0 Å². The molecule has 3 rings (SSSR count). The molecule has 2 aromatic rings. The molecule has 5 nitrogen and oxygen atoms in total. The van der Waals surface area contributed by atoms with Crippen LogP contribution >= 0.6 is 0 Å². The highest BCUT2D eigenvalue weighted by atomic mass is 19.4. The van der Waals surface area contributed by atoms with Crippen LogP contribution in [0.5, 0.6) is 0 Å². The Morgan fingerprint density at radius 2 is 2.15 bits per heavy atom. The van der Waals surface area contributed by atoms with Gasteiger partial charge < -0.3 is 4.90 Å². The highest BCUT2D eigenvalue weighted by molar-refractivity contribution is 5.74. The molecule has 1 aromatic carbocycles. The van der Waals surface area contributed by atoms with Crippen LogP contribution in [0.25, 0.3) is 0 Å². The fourth-order valence-electron chi connectivity index (χ4n) is 3.13. The third-order valence-electron chi connectivity index (χ3n) is 4.46. The predicted molar refractivity (Wildman–Crippen MR) is 97.7 cm³/mol. The number of hydrogen-bond acceptors (Lipinski definition) is 5. The highest BCUT2D eigenvalue weighted by Gasteiger charge is 2.34. The van der Waals surface area contributed by atoms with Crippen LogP contribution in [0.2, 0.25) is 0 Å². The zero-order valence-corrected chi connectivity index (χ0v) is 14.7. The topological polar surface area (TPSA) is 55.5 Å². The first-order valence-electron chi connectivity index (χ1n) is 8.53. The van der Waals surface area contributed by atoms with Crippen molar-refractivity contribution >= 4 is 17.6 Å². The molecule has 1 aliphatic heterocycles. The molecule has 1 atom stereocenters. The lowest BCUT2D eigenvalue weighted by molar-refractivity contribution is -0.137. The lowest BCUT2D eigenvalue weighted by atomic mass is 10.0. The number of nitriles is 1. The molecule has 2 heterocycles. The maximum Gasteiger partial charge on any atom is 0.417 e. The molecule has 1 aromatic heterocycles. The molecule has 140 valence electrons. The molecule has 0 saturated heterocycles. The number of halogens is 3. The first kappa shape index (κ1) is 18.7. The Morgan fingerprint density at radius 3 is 2.70 bits per heavy atom. The molecular weight excluding hydrogens is 355 g/mol. The van der Waals surface area contributed by atoms with Crippen LogP contribution in [0.15, 0.2) is 47.8 Å². The minimum atomic E-state index is -4.57. The van der Waals surface area contributed by atoms with E-state index in [1.165, 1.54) is 6.07 Å². The Morgan fingerprint density at radius 1 is 1.33 bits per heavy atom. The van der Waals surface area contributed by atoms with E-state index in [-0.39, 0.29) is 11.6 Å². The second-order valence-electron chi connectivity index (χ2n) is 6.08. The first-order valence-corrected chi connectivity index (χ1v) is 8.53. The molecule has 27 heavy (non-hydrogen) atoms. The average Bonchev–Trinajstić information content (AvgIpc) is 2.69. The van der Waals surface area contributed by atoms with Crippen LogP contribution in [-0.4, -0.2) is 30.3 Å². The molecule has 0 bridgehead atoms. The summed E-state index contributed by atoms with van der Waals surface area (Å²) in [4.78, 5) is 5.93. The van der Waals surface area contributed by atoms with E-state index >= 15 is 0 Å². The maximum atomic E-state index is 13.3. The van der Waals surface area contributed by atoms with Gasteiger partial charge in [0.05, 0.1) is 35.1 Å². The van der Waals surface area contributed by atoms with Gasteiger partial charge in [-0.3, -0.25) is 9.99 Å². The van der Waals surface area contributed by atoms with Gasteiger partial charge in [0.2, 0.25) is 0 Å². The van der Waals surface area contributed by atoms with Gasteiger partial charge in [0.15, 0.2) is 0 Å². The number of anilines is 2. The normalized spacial score (nSPS) is 16.9. The summed E-state index contributed by atoms with van der Waals surface area (Å²) in [6.07, 6.45) is 1.27. The van der Waals surface area contributed by atoms with Crippen LogP contribution in [0, 0.1) is 11.3 Å². The summed E-state index contributed by atoms with van der Waals surface area (Å²) in [6, 6.07) is 9.03. The number of nitrogens with zero attached hydrogens (tertiary/aromatic N) is 5. The first-order chi connectivity index (χ1) is 12.9. The molecule has 0 spiro atoms. The van der Waals surface area contributed by atoms with Crippen molar-refractivity contribution in [2.45, 2.75) is 25.6 Å². The Balaban J connectivity index is 1.85. The summed E-state index contributed by atoms with van der Waals surface area (Å²) in [5.74, 6) is 0. The quantitative estimate of drug-likeness (QED) is 0.811. The largest absolute Gasteiger partial charge is 0.417 e. The van der Waals surface area contributed by atoms with Crippen molar-refractivity contribution in [1.82, 2.24) is 4.98 Å². The minimum absolute atomic E-state index is 0.128. The summed E-state index contributed by atoms with van der Waals surface area (Å²) in [6.45, 7) is 3.03. The molecular formula is C19H18F3N5. The van der Waals surface area contributed by atoms with E-state index in [2.05, 4.69) is 10.1 Å². The van der Waals surface area contributed by atoms with Crippen LogP contribution in [0.4, 0.5) is 24.5 Å². The molecule has 0 aliphatic carbocycles. The van der Waals surface area contributed by atoms with Crippen molar-refractivity contribution in [2.24, 2.45) is 5.10 Å². The number of rotatable bonds is 4. The second-order valence-corrected chi connectivity index (χ2v) is 6.08. The van der Waals surface area contributed by atoms with Crippen LogP contribution in [0.3, 0.4) is 0 Å². The molecule has 0 saturated carbocycles. The Bertz CT molecular complexity index is 858. The van der Waals surface area contributed by atoms with E-state index in [1.54, 1.807) is 30.7 Å². The van der Waals surface area contributed by atoms with Crippen molar-refractivity contribution in [3.05, 3.63) is 53.9 Å². The van der Waals surface area contributed by atoms with Gasteiger partial charge >= 0.3 is 6.18 Å². The van der Waals surface area contributed by atoms with Gasteiger partial charge in [-0.05, 0) is 43.7 Å². The summed E-state index contributed by atoms with van der Waals surface area (Å²) in [7, 11) is 0. The van der Waals surface area contributed by atoms with Crippen molar-refractivity contribution in [3.8, 4) is 6.07 Å². The van der Waals surface area contributed by atoms with Crippen molar-refractivity contribution < 1.29 is 13.2 Å². The van der Waals surface area contributed by atoms with Crippen molar-refractivity contribution in [1.29, 1.82) is 5.26 Å². The van der Waals surface area contributed by atoms with Gasteiger partial charge in [0.1, 0.15) is 0 Å². The SMILES string of the molecule is CCN(c1ccc(C#N)c(C(F)(F)F)c1)C1C=NN(c2cccnc2)CC1. The third-order valence-corrected chi connectivity index (χ3v) is 4.46. The number of pyridine rings is 1. The Hall–Kier alpha value is -3.08. The van der Waals surface area contributed by atoms with Crippen LogP contribution in [0.1, 0.15) is 24.5 Å². The lowest BCUT2D eigenvalue weighted by Crippen LogP contribution is -2.42. The molecule has 0 fully saturated rings. The highest BCUT2D eigenvalue weighted by Crippen LogP contribution is 2.35. The van der Waals surface area contributed by atoms with Gasteiger partial charge in [0, 0.05) is 31.2 Å². The average molecular weight is 373 g/mol. The summed E-state index contributed by atoms with van der Waals surface area (Å²) < 4.78 is 39.8. The fourth-order valence-corrected chi connectivity index (χ4v) is 3.13. The summed E-state index contributed by atoms with van der Waals surface area (Å²) in [5, 5.41) is 15.2. The molecule has 0 radical (unpaired) electrons. The van der Waals surface area contributed by atoms with Crippen LogP contribution in [-0.2, 0) is 6.18 Å². The van der Waals surface area contributed by atoms with E-state index in [0.717, 1.165) is 11.8 Å². The van der Waals surface area contributed by atoms with Gasteiger partial charge in [-0.1, -0.05) is 0 Å². The number of benzene rings is 1. The fraction of sp³-hybridized carbons (Fsp3) is 0.316. The third kappa shape index (κ3) is 4.03. The van der Waals surface area contributed by atoms with E-state index in [9.17, 15) is 13.2 Å². The van der Waals surface area contributed by atoms with Gasteiger partial charge in [-0.2, -0.15) is 23.5 Å². The lowest BCUT2D eigenvalue weighted by Gasteiger charge is -2.35. The van der Waals surface area contributed by atoms with Gasteiger partial charge in [-0.15, -0.1) is 0 Å². The molecule has 0 amide bonds. The van der Waals surface area contributed by atoms with Crippen molar-refractivity contribution in [2.75, 3.05) is 23.0 Å².